The molecule has 1 aliphatic heterocycles. The van der Waals surface area contributed by atoms with Gasteiger partial charge in [0.05, 0.1) is 6.54 Å². The summed E-state index contributed by atoms with van der Waals surface area (Å²) in [5.41, 5.74) is 4.90. The Hall–Kier alpha value is -3.32. The average Bonchev–Trinajstić information content (AvgIpc) is 2.82. The lowest BCUT2D eigenvalue weighted by molar-refractivity contribution is -0.117. The predicted molar refractivity (Wildman–Crippen MR) is 128 cm³/mol. The average molecular weight is 431 g/mol. The zero-order chi connectivity index (χ0) is 22.5. The molecule has 0 saturated carbocycles. The van der Waals surface area contributed by atoms with E-state index in [2.05, 4.69) is 45.0 Å². The van der Waals surface area contributed by atoms with E-state index < -0.39 is 0 Å². The van der Waals surface area contributed by atoms with Crippen LogP contribution in [0.4, 0.5) is 11.5 Å². The number of para-hydroxylation sites is 1. The highest BCUT2D eigenvalue weighted by Gasteiger charge is 2.23. The zero-order valence-corrected chi connectivity index (χ0v) is 19.0. The third-order valence-corrected chi connectivity index (χ3v) is 5.97. The summed E-state index contributed by atoms with van der Waals surface area (Å²) in [6.45, 7) is 9.83. The maximum Gasteiger partial charge on any atom is 0.238 e. The van der Waals surface area contributed by atoms with Crippen LogP contribution in [0.25, 0.3) is 11.5 Å². The fourth-order valence-electron chi connectivity index (χ4n) is 3.99. The molecular formula is C25H30N6O. The van der Waals surface area contributed by atoms with E-state index in [9.17, 15) is 4.79 Å². The maximum atomic E-state index is 12.6. The monoisotopic (exact) mass is 430 g/mol. The van der Waals surface area contributed by atoms with Crippen molar-refractivity contribution in [3.63, 3.8) is 0 Å². The molecule has 1 saturated heterocycles. The molecule has 0 radical (unpaired) electrons. The maximum absolute atomic E-state index is 12.6. The summed E-state index contributed by atoms with van der Waals surface area (Å²) < 4.78 is 0. The van der Waals surface area contributed by atoms with Crippen molar-refractivity contribution in [1.29, 1.82) is 0 Å². The van der Waals surface area contributed by atoms with Crippen LogP contribution in [-0.4, -0.2) is 58.5 Å². The zero-order valence-electron chi connectivity index (χ0n) is 19.0. The van der Waals surface area contributed by atoms with Gasteiger partial charge in [-0.05, 0) is 44.0 Å². The van der Waals surface area contributed by atoms with Crippen LogP contribution in [0.3, 0.4) is 0 Å². The molecule has 1 fully saturated rings. The molecule has 0 atom stereocenters. The Morgan fingerprint density at radius 1 is 1.00 bits per heavy atom. The van der Waals surface area contributed by atoms with Gasteiger partial charge in [-0.15, -0.1) is 0 Å². The number of hydrogen-bond acceptors (Lipinski definition) is 6. The molecule has 0 bridgehead atoms. The molecule has 166 valence electrons. The number of rotatable bonds is 6. The van der Waals surface area contributed by atoms with Crippen LogP contribution in [0.5, 0.6) is 0 Å². The molecule has 4 rings (SSSR count). The van der Waals surface area contributed by atoms with E-state index in [4.69, 9.17) is 4.98 Å². The van der Waals surface area contributed by atoms with Crippen LogP contribution in [0.1, 0.15) is 23.7 Å². The van der Waals surface area contributed by atoms with Crippen LogP contribution in [0.2, 0.25) is 0 Å². The van der Waals surface area contributed by atoms with Gasteiger partial charge in [-0.2, -0.15) is 0 Å². The Labute approximate surface area is 189 Å². The van der Waals surface area contributed by atoms with Gasteiger partial charge in [0.2, 0.25) is 5.91 Å². The van der Waals surface area contributed by atoms with Crippen molar-refractivity contribution in [2.45, 2.75) is 27.2 Å². The van der Waals surface area contributed by atoms with Crippen molar-refractivity contribution in [1.82, 2.24) is 19.9 Å². The summed E-state index contributed by atoms with van der Waals surface area (Å²) >= 11 is 0. The Balaban J connectivity index is 1.39. The number of hydrogen-bond donors (Lipinski definition) is 1. The number of carbonyl (C=O) groups excluding carboxylic acids is 1. The first kappa shape index (κ1) is 21.9. The van der Waals surface area contributed by atoms with Gasteiger partial charge < -0.3 is 10.2 Å². The summed E-state index contributed by atoms with van der Waals surface area (Å²) in [7, 11) is 0. The van der Waals surface area contributed by atoms with E-state index >= 15 is 0 Å². The fraction of sp³-hybridized carbons (Fsp3) is 0.360. The normalized spacial score (nSPS) is 14.4. The largest absolute Gasteiger partial charge is 0.354 e. The fourth-order valence-corrected chi connectivity index (χ4v) is 3.99. The molecule has 0 unspecified atom stereocenters. The first-order valence-electron chi connectivity index (χ1n) is 11.2. The van der Waals surface area contributed by atoms with Crippen LogP contribution >= 0.6 is 0 Å². The lowest BCUT2D eigenvalue weighted by Gasteiger charge is -2.36. The number of aromatic nitrogens is 3. The number of amides is 1. The minimum atomic E-state index is 0.0332. The highest BCUT2D eigenvalue weighted by atomic mass is 16.2. The van der Waals surface area contributed by atoms with E-state index in [1.807, 2.05) is 43.3 Å². The third kappa shape index (κ3) is 4.94. The number of nitrogens with one attached hydrogen (secondary N) is 1. The Morgan fingerprint density at radius 2 is 1.75 bits per heavy atom. The van der Waals surface area contributed by atoms with Crippen molar-refractivity contribution < 1.29 is 4.79 Å². The molecule has 1 aromatic carbocycles. The number of piperazine rings is 1. The standard InChI is InChI=1S/C25H30N6O/c1-4-20-9-5-6-10-21(20)28-23(32)17-30-13-15-31(16-14-30)25-18(2)19(3)27-24(29-25)22-11-7-8-12-26-22/h5-12H,4,13-17H2,1-3H3,(H,28,32). The van der Waals surface area contributed by atoms with Crippen LogP contribution in [0.15, 0.2) is 48.7 Å². The smallest absolute Gasteiger partial charge is 0.238 e. The summed E-state index contributed by atoms with van der Waals surface area (Å²) in [5.74, 6) is 1.64. The van der Waals surface area contributed by atoms with E-state index in [0.717, 1.165) is 66.6 Å². The molecule has 1 N–H and O–H groups in total. The van der Waals surface area contributed by atoms with E-state index in [1.54, 1.807) is 6.20 Å². The summed E-state index contributed by atoms with van der Waals surface area (Å²) in [6, 6.07) is 13.8. The minimum Gasteiger partial charge on any atom is -0.354 e. The van der Waals surface area contributed by atoms with Gasteiger partial charge in [0, 0.05) is 49.3 Å². The second-order valence-corrected chi connectivity index (χ2v) is 8.12. The van der Waals surface area contributed by atoms with Gasteiger partial charge in [0.1, 0.15) is 11.5 Å². The van der Waals surface area contributed by atoms with Crippen molar-refractivity contribution in [3.05, 3.63) is 65.5 Å². The Morgan fingerprint density at radius 3 is 2.47 bits per heavy atom. The number of nitrogens with zero attached hydrogens (tertiary/aromatic N) is 5. The summed E-state index contributed by atoms with van der Waals surface area (Å²) in [4.78, 5) is 31.0. The summed E-state index contributed by atoms with van der Waals surface area (Å²) in [6.07, 6.45) is 2.66. The minimum absolute atomic E-state index is 0.0332. The molecule has 1 amide bonds. The van der Waals surface area contributed by atoms with Crippen molar-refractivity contribution in [2.75, 3.05) is 42.9 Å². The third-order valence-electron chi connectivity index (χ3n) is 5.97. The van der Waals surface area contributed by atoms with Gasteiger partial charge in [0.25, 0.3) is 0 Å². The van der Waals surface area contributed by atoms with Crippen LogP contribution in [-0.2, 0) is 11.2 Å². The van der Waals surface area contributed by atoms with Crippen molar-refractivity contribution >= 4 is 17.4 Å². The molecule has 7 heteroatoms. The van der Waals surface area contributed by atoms with Crippen molar-refractivity contribution in [2.24, 2.45) is 0 Å². The lowest BCUT2D eigenvalue weighted by atomic mass is 10.1. The quantitative estimate of drug-likeness (QED) is 0.645. The SMILES string of the molecule is CCc1ccccc1NC(=O)CN1CCN(c2nc(-c3ccccn3)nc(C)c2C)CC1. The molecule has 3 heterocycles. The number of pyridine rings is 1. The number of aryl methyl sites for hydroxylation is 2. The Kier molecular flexibility index (Phi) is 6.75. The van der Waals surface area contributed by atoms with Crippen LogP contribution in [0, 0.1) is 13.8 Å². The summed E-state index contributed by atoms with van der Waals surface area (Å²) in [5, 5.41) is 3.07. The molecule has 1 aliphatic rings. The van der Waals surface area contributed by atoms with E-state index in [0.29, 0.717) is 12.4 Å². The van der Waals surface area contributed by atoms with Gasteiger partial charge >= 0.3 is 0 Å². The molecular weight excluding hydrogens is 400 g/mol. The lowest BCUT2D eigenvalue weighted by Crippen LogP contribution is -2.49. The van der Waals surface area contributed by atoms with E-state index in [-0.39, 0.29) is 5.91 Å². The molecule has 0 spiro atoms. The topological polar surface area (TPSA) is 74.2 Å². The molecule has 2 aromatic heterocycles. The van der Waals surface area contributed by atoms with Crippen LogP contribution < -0.4 is 10.2 Å². The number of carbonyl (C=O) groups is 1. The second kappa shape index (κ2) is 9.87. The first-order valence-corrected chi connectivity index (χ1v) is 11.2. The molecule has 32 heavy (non-hydrogen) atoms. The highest BCUT2D eigenvalue weighted by Crippen LogP contribution is 2.24. The highest BCUT2D eigenvalue weighted by molar-refractivity contribution is 5.93. The first-order chi connectivity index (χ1) is 15.5. The molecule has 0 aliphatic carbocycles. The van der Waals surface area contributed by atoms with Gasteiger partial charge in [-0.25, -0.2) is 9.97 Å². The molecule has 3 aromatic rings. The molecule has 7 nitrogen and oxygen atoms in total. The van der Waals surface area contributed by atoms with Gasteiger partial charge in [0.15, 0.2) is 5.82 Å². The van der Waals surface area contributed by atoms with Gasteiger partial charge in [-0.3, -0.25) is 14.7 Å². The van der Waals surface area contributed by atoms with Gasteiger partial charge in [-0.1, -0.05) is 31.2 Å². The van der Waals surface area contributed by atoms with E-state index in [1.165, 1.54) is 0 Å². The Bertz CT molecular complexity index is 1080. The predicted octanol–water partition coefficient (Wildman–Crippen LogP) is 3.48. The number of anilines is 2. The second-order valence-electron chi connectivity index (χ2n) is 8.12. The van der Waals surface area contributed by atoms with Crippen molar-refractivity contribution in [3.8, 4) is 11.5 Å². The number of benzene rings is 1.